The van der Waals surface area contributed by atoms with Crippen molar-refractivity contribution in [2.45, 2.75) is 11.4 Å². The van der Waals surface area contributed by atoms with Crippen LogP contribution in [0.15, 0.2) is 47.5 Å². The minimum Gasteiger partial charge on any atom is -0.366 e. The number of nitrogens with one attached hydrogen (secondary N) is 1. The molecular formula is C13H14N4O3S. The average Bonchev–Trinajstić information content (AvgIpc) is 2.47. The van der Waals surface area contributed by atoms with Crippen LogP contribution < -0.4 is 16.2 Å². The molecule has 0 atom stereocenters. The highest BCUT2D eigenvalue weighted by molar-refractivity contribution is 7.92. The monoisotopic (exact) mass is 306 g/mol. The van der Waals surface area contributed by atoms with E-state index in [0.29, 0.717) is 16.9 Å². The maximum atomic E-state index is 12.1. The molecule has 21 heavy (non-hydrogen) atoms. The Kier molecular flexibility index (Phi) is 4.20. The maximum Gasteiger partial charge on any atom is 0.263 e. The van der Waals surface area contributed by atoms with Crippen LogP contribution in [-0.4, -0.2) is 19.3 Å². The number of anilines is 1. The minimum absolute atomic E-state index is 0.0266. The topological polar surface area (TPSA) is 128 Å². The van der Waals surface area contributed by atoms with Crippen molar-refractivity contribution in [3.63, 3.8) is 0 Å². The van der Waals surface area contributed by atoms with Crippen LogP contribution in [0.2, 0.25) is 0 Å². The van der Waals surface area contributed by atoms with Gasteiger partial charge in [0.2, 0.25) is 5.91 Å². The number of hydrogen-bond acceptors (Lipinski definition) is 5. The summed E-state index contributed by atoms with van der Waals surface area (Å²) in [5, 5.41) is 0. The van der Waals surface area contributed by atoms with Gasteiger partial charge in [-0.15, -0.1) is 0 Å². The predicted molar refractivity (Wildman–Crippen MR) is 77.9 cm³/mol. The standard InChI is InChI=1S/C13H14N4O3S/c14-7-11-5-6-12(8-16-11)21(19,20)17-10-3-1-9(2-4-10)13(15)18/h1-6,8,17H,7,14H2,(H2,15,18). The van der Waals surface area contributed by atoms with Gasteiger partial charge >= 0.3 is 0 Å². The molecule has 2 aromatic rings. The Hall–Kier alpha value is -2.45. The summed E-state index contributed by atoms with van der Waals surface area (Å²) in [6.07, 6.45) is 1.24. The number of sulfonamides is 1. The van der Waals surface area contributed by atoms with Crippen LogP contribution >= 0.6 is 0 Å². The molecule has 0 fully saturated rings. The first-order valence-corrected chi connectivity index (χ1v) is 7.48. The predicted octanol–water partition coefficient (Wildman–Crippen LogP) is 0.440. The molecule has 5 N–H and O–H groups in total. The Morgan fingerprint density at radius 3 is 2.29 bits per heavy atom. The van der Waals surface area contributed by atoms with Crippen LogP contribution in [-0.2, 0) is 16.6 Å². The van der Waals surface area contributed by atoms with Crippen molar-refractivity contribution in [1.82, 2.24) is 4.98 Å². The van der Waals surface area contributed by atoms with E-state index in [2.05, 4.69) is 9.71 Å². The molecule has 1 aromatic heterocycles. The van der Waals surface area contributed by atoms with E-state index >= 15 is 0 Å². The van der Waals surface area contributed by atoms with E-state index in [1.54, 1.807) is 6.07 Å². The molecule has 0 bridgehead atoms. The van der Waals surface area contributed by atoms with Gasteiger partial charge in [0.25, 0.3) is 10.0 Å². The van der Waals surface area contributed by atoms with E-state index in [4.69, 9.17) is 11.5 Å². The van der Waals surface area contributed by atoms with Crippen LogP contribution in [0.25, 0.3) is 0 Å². The van der Waals surface area contributed by atoms with Crippen LogP contribution in [0.4, 0.5) is 5.69 Å². The average molecular weight is 306 g/mol. The molecule has 1 amide bonds. The first kappa shape index (κ1) is 14.9. The summed E-state index contributed by atoms with van der Waals surface area (Å²) in [7, 11) is -3.74. The molecule has 0 aliphatic rings. The maximum absolute atomic E-state index is 12.1. The molecule has 0 unspecified atom stereocenters. The lowest BCUT2D eigenvalue weighted by Crippen LogP contribution is -2.14. The highest BCUT2D eigenvalue weighted by atomic mass is 32.2. The van der Waals surface area contributed by atoms with Crippen molar-refractivity contribution < 1.29 is 13.2 Å². The zero-order valence-electron chi connectivity index (χ0n) is 11.0. The Morgan fingerprint density at radius 2 is 1.81 bits per heavy atom. The molecule has 7 nitrogen and oxygen atoms in total. The van der Waals surface area contributed by atoms with E-state index in [1.807, 2.05) is 0 Å². The highest BCUT2D eigenvalue weighted by Gasteiger charge is 2.14. The summed E-state index contributed by atoms with van der Waals surface area (Å²) < 4.78 is 26.7. The third-order valence-electron chi connectivity index (χ3n) is 2.74. The third kappa shape index (κ3) is 3.56. The highest BCUT2D eigenvalue weighted by Crippen LogP contribution is 2.16. The molecular weight excluding hydrogens is 292 g/mol. The van der Waals surface area contributed by atoms with Crippen molar-refractivity contribution in [1.29, 1.82) is 0 Å². The van der Waals surface area contributed by atoms with Gasteiger partial charge in [0.05, 0.1) is 5.69 Å². The number of carbonyl (C=O) groups is 1. The molecule has 0 radical (unpaired) electrons. The smallest absolute Gasteiger partial charge is 0.263 e. The number of amides is 1. The molecule has 0 aliphatic heterocycles. The lowest BCUT2D eigenvalue weighted by Gasteiger charge is -2.08. The van der Waals surface area contributed by atoms with Crippen molar-refractivity contribution >= 4 is 21.6 Å². The van der Waals surface area contributed by atoms with Gasteiger partial charge in [-0.25, -0.2) is 8.42 Å². The van der Waals surface area contributed by atoms with Gasteiger partial charge in [-0.3, -0.25) is 14.5 Å². The molecule has 0 aliphatic carbocycles. The van der Waals surface area contributed by atoms with Crippen molar-refractivity contribution in [3.8, 4) is 0 Å². The minimum atomic E-state index is -3.74. The van der Waals surface area contributed by atoms with E-state index in [0.717, 1.165) is 0 Å². The number of primary amides is 1. The first-order valence-electron chi connectivity index (χ1n) is 6.00. The van der Waals surface area contributed by atoms with Crippen molar-refractivity contribution in [2.75, 3.05) is 4.72 Å². The second-order valence-electron chi connectivity index (χ2n) is 4.24. The van der Waals surface area contributed by atoms with Crippen LogP contribution in [0.1, 0.15) is 16.1 Å². The zero-order chi connectivity index (χ0) is 15.5. The number of nitrogens with two attached hydrogens (primary N) is 2. The summed E-state index contributed by atoms with van der Waals surface area (Å²) in [4.78, 5) is 14.9. The van der Waals surface area contributed by atoms with E-state index in [9.17, 15) is 13.2 Å². The number of hydrogen-bond donors (Lipinski definition) is 3. The van der Waals surface area contributed by atoms with Crippen LogP contribution in [0.3, 0.4) is 0 Å². The number of rotatable bonds is 5. The fraction of sp³-hybridized carbons (Fsp3) is 0.0769. The van der Waals surface area contributed by atoms with Gasteiger partial charge in [-0.2, -0.15) is 0 Å². The number of pyridine rings is 1. The number of benzene rings is 1. The van der Waals surface area contributed by atoms with E-state index < -0.39 is 15.9 Å². The number of aromatic nitrogens is 1. The Balaban J connectivity index is 2.21. The number of carbonyl (C=O) groups excluding carboxylic acids is 1. The van der Waals surface area contributed by atoms with Crippen LogP contribution in [0, 0.1) is 0 Å². The van der Waals surface area contributed by atoms with Crippen molar-refractivity contribution in [2.24, 2.45) is 11.5 Å². The van der Waals surface area contributed by atoms with Crippen LogP contribution in [0.5, 0.6) is 0 Å². The molecule has 0 saturated carbocycles. The van der Waals surface area contributed by atoms with Gasteiger partial charge in [-0.05, 0) is 36.4 Å². The second-order valence-corrected chi connectivity index (χ2v) is 5.92. The Labute approximate surface area is 122 Å². The fourth-order valence-corrected chi connectivity index (χ4v) is 2.61. The summed E-state index contributed by atoms with van der Waals surface area (Å²) in [5.41, 5.74) is 11.7. The molecule has 1 heterocycles. The Bertz CT molecular complexity index is 740. The van der Waals surface area contributed by atoms with E-state index in [-0.39, 0.29) is 11.4 Å². The number of nitrogens with zero attached hydrogens (tertiary/aromatic N) is 1. The largest absolute Gasteiger partial charge is 0.366 e. The molecule has 0 spiro atoms. The molecule has 110 valence electrons. The lowest BCUT2D eigenvalue weighted by atomic mass is 10.2. The zero-order valence-corrected chi connectivity index (χ0v) is 11.8. The summed E-state index contributed by atoms with van der Waals surface area (Å²) in [6.45, 7) is 0.238. The third-order valence-corrected chi connectivity index (χ3v) is 4.11. The van der Waals surface area contributed by atoms with E-state index in [1.165, 1.54) is 36.5 Å². The summed E-state index contributed by atoms with van der Waals surface area (Å²) in [6, 6.07) is 8.77. The van der Waals surface area contributed by atoms with Crippen molar-refractivity contribution in [3.05, 3.63) is 53.9 Å². The fourth-order valence-electron chi connectivity index (χ4n) is 1.61. The van der Waals surface area contributed by atoms with Gasteiger partial charge in [-0.1, -0.05) is 0 Å². The summed E-state index contributed by atoms with van der Waals surface area (Å²) >= 11 is 0. The Morgan fingerprint density at radius 1 is 1.14 bits per heavy atom. The van der Waals surface area contributed by atoms with Gasteiger partial charge in [0, 0.05) is 24.0 Å². The quantitative estimate of drug-likeness (QED) is 0.738. The first-order chi connectivity index (χ1) is 9.92. The molecule has 8 heteroatoms. The molecule has 0 saturated heterocycles. The van der Waals surface area contributed by atoms with Gasteiger partial charge < -0.3 is 11.5 Å². The molecule has 1 aromatic carbocycles. The lowest BCUT2D eigenvalue weighted by molar-refractivity contribution is 0.100. The normalized spacial score (nSPS) is 11.1. The second kappa shape index (κ2) is 5.90. The summed E-state index contributed by atoms with van der Waals surface area (Å²) in [5.74, 6) is -0.578. The molecule has 2 rings (SSSR count). The SMILES string of the molecule is NCc1ccc(S(=O)(=O)Nc2ccc(C(N)=O)cc2)cn1. The van der Waals surface area contributed by atoms with Gasteiger partial charge in [0.15, 0.2) is 0 Å². The van der Waals surface area contributed by atoms with Gasteiger partial charge in [0.1, 0.15) is 4.90 Å².